The van der Waals surface area contributed by atoms with Gasteiger partial charge in [0.25, 0.3) is 0 Å². The Morgan fingerprint density at radius 1 is 1.05 bits per heavy atom. The largest absolute Gasteiger partial charge is 0.492 e. The van der Waals surface area contributed by atoms with Crippen molar-refractivity contribution in [2.45, 2.75) is 19.4 Å². The Bertz CT molecular complexity index is 498. The summed E-state index contributed by atoms with van der Waals surface area (Å²) in [6, 6.07) is 16.6. The fourth-order valence-electron chi connectivity index (χ4n) is 2.11. The molecule has 0 amide bonds. The van der Waals surface area contributed by atoms with Crippen molar-refractivity contribution >= 4 is 0 Å². The molecule has 0 radical (unpaired) electrons. The van der Waals surface area contributed by atoms with Crippen molar-refractivity contribution < 1.29 is 9.13 Å². The molecular weight excluding hydrogens is 253 g/mol. The Balaban J connectivity index is 1.78. The number of nitrogens with one attached hydrogen (secondary N) is 1. The number of benzene rings is 2. The first-order valence-corrected chi connectivity index (χ1v) is 6.96. The third-order valence-corrected chi connectivity index (χ3v) is 3.19. The van der Waals surface area contributed by atoms with Crippen LogP contribution in [0, 0.1) is 5.82 Å². The van der Waals surface area contributed by atoms with E-state index in [1.807, 2.05) is 42.5 Å². The van der Waals surface area contributed by atoms with Crippen molar-refractivity contribution in [3.63, 3.8) is 0 Å². The van der Waals surface area contributed by atoms with Gasteiger partial charge in [-0.2, -0.15) is 0 Å². The van der Waals surface area contributed by atoms with E-state index in [4.69, 9.17) is 4.74 Å². The molecule has 0 fully saturated rings. The highest BCUT2D eigenvalue weighted by Gasteiger charge is 2.08. The molecule has 2 rings (SSSR count). The third kappa shape index (κ3) is 4.35. The highest BCUT2D eigenvalue weighted by Crippen LogP contribution is 2.16. The van der Waals surface area contributed by atoms with E-state index in [0.29, 0.717) is 6.61 Å². The third-order valence-electron chi connectivity index (χ3n) is 3.19. The van der Waals surface area contributed by atoms with E-state index in [0.717, 1.165) is 24.3 Å². The molecule has 3 heteroatoms. The van der Waals surface area contributed by atoms with Gasteiger partial charge in [0.2, 0.25) is 0 Å². The molecule has 2 aromatic rings. The van der Waals surface area contributed by atoms with Crippen molar-refractivity contribution in [3.05, 3.63) is 66.0 Å². The van der Waals surface area contributed by atoms with Crippen molar-refractivity contribution in [2.24, 2.45) is 0 Å². The molecular formula is C17H20FNO. The molecule has 0 aliphatic carbocycles. The fraction of sp³-hybridized carbons (Fsp3) is 0.294. The van der Waals surface area contributed by atoms with Gasteiger partial charge in [0.1, 0.15) is 18.2 Å². The lowest BCUT2D eigenvalue weighted by molar-refractivity contribution is 0.304. The SMILES string of the molecule is CCC(NCCOc1ccccc1)c1ccc(F)cc1. The van der Waals surface area contributed by atoms with E-state index in [2.05, 4.69) is 12.2 Å². The molecule has 0 saturated carbocycles. The number of para-hydroxylation sites is 1. The van der Waals surface area contributed by atoms with Gasteiger partial charge in [0.15, 0.2) is 0 Å². The van der Waals surface area contributed by atoms with Gasteiger partial charge >= 0.3 is 0 Å². The summed E-state index contributed by atoms with van der Waals surface area (Å²) in [6.07, 6.45) is 0.955. The smallest absolute Gasteiger partial charge is 0.123 e. The van der Waals surface area contributed by atoms with E-state index in [9.17, 15) is 4.39 Å². The van der Waals surface area contributed by atoms with E-state index in [-0.39, 0.29) is 11.9 Å². The Hall–Kier alpha value is -1.87. The molecule has 0 aliphatic heterocycles. The summed E-state index contributed by atoms with van der Waals surface area (Å²) < 4.78 is 18.5. The molecule has 2 aromatic carbocycles. The Morgan fingerprint density at radius 3 is 2.40 bits per heavy atom. The number of halogens is 1. The van der Waals surface area contributed by atoms with Crippen LogP contribution >= 0.6 is 0 Å². The second kappa shape index (κ2) is 7.65. The van der Waals surface area contributed by atoms with Crippen LogP contribution in [0.2, 0.25) is 0 Å². The first-order chi connectivity index (χ1) is 9.79. The predicted molar refractivity (Wildman–Crippen MR) is 79.4 cm³/mol. The van der Waals surface area contributed by atoms with E-state index >= 15 is 0 Å². The normalized spacial score (nSPS) is 12.1. The molecule has 0 aromatic heterocycles. The van der Waals surface area contributed by atoms with Crippen LogP contribution in [0.4, 0.5) is 4.39 Å². The average molecular weight is 273 g/mol. The van der Waals surface area contributed by atoms with Crippen molar-refractivity contribution in [1.82, 2.24) is 5.32 Å². The second-order valence-electron chi connectivity index (χ2n) is 4.63. The zero-order valence-electron chi connectivity index (χ0n) is 11.7. The lowest BCUT2D eigenvalue weighted by atomic mass is 10.0. The van der Waals surface area contributed by atoms with Gasteiger partial charge in [0.05, 0.1) is 0 Å². The maximum Gasteiger partial charge on any atom is 0.123 e. The first-order valence-electron chi connectivity index (χ1n) is 6.96. The van der Waals surface area contributed by atoms with Gasteiger partial charge in [-0.25, -0.2) is 4.39 Å². The van der Waals surface area contributed by atoms with Crippen LogP contribution in [0.25, 0.3) is 0 Å². The number of rotatable bonds is 7. The molecule has 0 spiro atoms. The van der Waals surface area contributed by atoms with Crippen LogP contribution in [-0.4, -0.2) is 13.2 Å². The maximum atomic E-state index is 12.9. The van der Waals surface area contributed by atoms with Gasteiger partial charge in [-0.3, -0.25) is 0 Å². The zero-order chi connectivity index (χ0) is 14.2. The Kier molecular flexibility index (Phi) is 5.56. The maximum absolute atomic E-state index is 12.9. The van der Waals surface area contributed by atoms with Gasteiger partial charge in [0, 0.05) is 12.6 Å². The molecule has 20 heavy (non-hydrogen) atoms. The molecule has 1 unspecified atom stereocenters. The summed E-state index contributed by atoms with van der Waals surface area (Å²) in [5.41, 5.74) is 1.11. The first kappa shape index (κ1) is 14.5. The monoisotopic (exact) mass is 273 g/mol. The molecule has 2 nitrogen and oxygen atoms in total. The van der Waals surface area contributed by atoms with Crippen LogP contribution in [0.3, 0.4) is 0 Å². The fourth-order valence-corrected chi connectivity index (χ4v) is 2.11. The topological polar surface area (TPSA) is 21.3 Å². The van der Waals surface area contributed by atoms with E-state index in [1.54, 1.807) is 0 Å². The van der Waals surface area contributed by atoms with Crippen molar-refractivity contribution in [3.8, 4) is 5.75 Å². The number of hydrogen-bond donors (Lipinski definition) is 1. The van der Waals surface area contributed by atoms with Gasteiger partial charge in [-0.05, 0) is 36.2 Å². The van der Waals surface area contributed by atoms with Gasteiger partial charge in [-0.1, -0.05) is 37.3 Å². The molecule has 0 saturated heterocycles. The van der Waals surface area contributed by atoms with Gasteiger partial charge < -0.3 is 10.1 Å². The minimum absolute atomic E-state index is 0.198. The lowest BCUT2D eigenvalue weighted by Crippen LogP contribution is -2.25. The van der Waals surface area contributed by atoms with Crippen molar-refractivity contribution in [2.75, 3.05) is 13.2 Å². The molecule has 1 atom stereocenters. The summed E-state index contributed by atoms with van der Waals surface area (Å²) in [6.45, 7) is 3.48. The second-order valence-corrected chi connectivity index (χ2v) is 4.63. The lowest BCUT2D eigenvalue weighted by Gasteiger charge is -2.17. The zero-order valence-corrected chi connectivity index (χ0v) is 11.7. The molecule has 0 heterocycles. The summed E-state index contributed by atoms with van der Waals surface area (Å²) in [7, 11) is 0. The van der Waals surface area contributed by atoms with E-state index < -0.39 is 0 Å². The minimum atomic E-state index is -0.198. The van der Waals surface area contributed by atoms with E-state index in [1.165, 1.54) is 12.1 Å². The Morgan fingerprint density at radius 2 is 1.75 bits per heavy atom. The summed E-state index contributed by atoms with van der Waals surface area (Å²) in [5.74, 6) is 0.681. The molecule has 106 valence electrons. The predicted octanol–water partition coefficient (Wildman–Crippen LogP) is 3.95. The quantitative estimate of drug-likeness (QED) is 0.771. The number of ether oxygens (including phenoxy) is 1. The average Bonchev–Trinajstić information content (AvgIpc) is 2.50. The molecule has 0 aliphatic rings. The summed E-state index contributed by atoms with van der Waals surface area (Å²) in [4.78, 5) is 0. The summed E-state index contributed by atoms with van der Waals surface area (Å²) in [5, 5.41) is 3.43. The molecule has 0 bridgehead atoms. The molecule has 1 N–H and O–H groups in total. The minimum Gasteiger partial charge on any atom is -0.492 e. The van der Waals surface area contributed by atoms with Gasteiger partial charge in [-0.15, -0.1) is 0 Å². The van der Waals surface area contributed by atoms with Crippen molar-refractivity contribution in [1.29, 1.82) is 0 Å². The Labute approximate surface area is 119 Å². The number of hydrogen-bond acceptors (Lipinski definition) is 2. The highest BCUT2D eigenvalue weighted by molar-refractivity contribution is 5.21. The van der Waals surface area contributed by atoms with Crippen LogP contribution in [0.5, 0.6) is 5.75 Å². The highest BCUT2D eigenvalue weighted by atomic mass is 19.1. The van der Waals surface area contributed by atoms with Crippen LogP contribution < -0.4 is 10.1 Å². The van der Waals surface area contributed by atoms with Crippen LogP contribution in [0.1, 0.15) is 24.9 Å². The summed E-state index contributed by atoms with van der Waals surface area (Å²) >= 11 is 0. The van der Waals surface area contributed by atoms with Crippen LogP contribution in [-0.2, 0) is 0 Å². The van der Waals surface area contributed by atoms with Crippen LogP contribution in [0.15, 0.2) is 54.6 Å². The standard InChI is InChI=1S/C17H20FNO/c1-2-17(14-8-10-15(18)11-9-14)19-12-13-20-16-6-4-3-5-7-16/h3-11,17,19H,2,12-13H2,1H3.